The van der Waals surface area contributed by atoms with E-state index in [1.165, 1.54) is 11.3 Å². The third-order valence-electron chi connectivity index (χ3n) is 1.78. The molecule has 0 fully saturated rings. The number of carboxylic acids is 1. The second-order valence-corrected chi connectivity index (χ2v) is 6.75. The van der Waals surface area contributed by atoms with Crippen molar-refractivity contribution in [2.24, 2.45) is 0 Å². The van der Waals surface area contributed by atoms with Crippen molar-refractivity contribution < 1.29 is 14.7 Å². The molecule has 1 N–H and O–H groups in total. The van der Waals surface area contributed by atoms with Crippen LogP contribution in [0.3, 0.4) is 0 Å². The SMILES string of the molecule is C#CCN(CC(=O)O)C(=O)c1cc(Br)sc1Br. The number of amides is 1. The Labute approximate surface area is 119 Å². The molecule has 0 aliphatic rings. The molecule has 0 aliphatic carbocycles. The molecule has 0 spiro atoms. The highest BCUT2D eigenvalue weighted by molar-refractivity contribution is 9.12. The van der Waals surface area contributed by atoms with Gasteiger partial charge in [0.25, 0.3) is 5.91 Å². The first-order valence-electron chi connectivity index (χ1n) is 4.35. The molecule has 0 atom stereocenters. The van der Waals surface area contributed by atoms with Crippen LogP contribution in [0.1, 0.15) is 10.4 Å². The smallest absolute Gasteiger partial charge is 0.323 e. The van der Waals surface area contributed by atoms with Gasteiger partial charge in [-0.1, -0.05) is 5.92 Å². The summed E-state index contributed by atoms with van der Waals surface area (Å²) in [5, 5.41) is 8.70. The van der Waals surface area contributed by atoms with Gasteiger partial charge in [0.2, 0.25) is 0 Å². The van der Waals surface area contributed by atoms with Crippen molar-refractivity contribution in [3.63, 3.8) is 0 Å². The van der Waals surface area contributed by atoms with Crippen molar-refractivity contribution in [3.8, 4) is 12.3 Å². The number of hydrogen-bond acceptors (Lipinski definition) is 3. The largest absolute Gasteiger partial charge is 0.480 e. The van der Waals surface area contributed by atoms with E-state index in [0.717, 1.165) is 8.69 Å². The maximum absolute atomic E-state index is 12.0. The van der Waals surface area contributed by atoms with Gasteiger partial charge in [-0.25, -0.2) is 0 Å². The maximum Gasteiger partial charge on any atom is 0.323 e. The molecule has 0 bridgehead atoms. The molecular formula is C10H7Br2NO3S. The molecule has 0 radical (unpaired) electrons. The zero-order valence-electron chi connectivity index (χ0n) is 8.44. The fourth-order valence-corrected chi connectivity index (χ4v) is 3.91. The summed E-state index contributed by atoms with van der Waals surface area (Å²) in [5.41, 5.74) is 0.401. The van der Waals surface area contributed by atoms with E-state index >= 15 is 0 Å². The molecular weight excluding hydrogens is 374 g/mol. The van der Waals surface area contributed by atoms with Crippen LogP contribution >= 0.6 is 43.2 Å². The molecule has 90 valence electrons. The third kappa shape index (κ3) is 3.84. The topological polar surface area (TPSA) is 57.6 Å². The van der Waals surface area contributed by atoms with Gasteiger partial charge in [0.05, 0.1) is 19.7 Å². The number of thiophene rings is 1. The van der Waals surface area contributed by atoms with Gasteiger partial charge in [0.15, 0.2) is 0 Å². The average molecular weight is 381 g/mol. The van der Waals surface area contributed by atoms with Crippen molar-refractivity contribution in [1.82, 2.24) is 4.90 Å². The standard InChI is InChI=1S/C10H7Br2NO3S/c1-2-3-13(5-8(14)15)10(16)6-4-7(11)17-9(6)12/h1,4H,3,5H2,(H,14,15). The average Bonchev–Trinajstić information content (AvgIpc) is 2.55. The summed E-state index contributed by atoms with van der Waals surface area (Å²) in [7, 11) is 0. The number of rotatable bonds is 4. The first-order chi connectivity index (χ1) is 7.95. The molecule has 0 saturated carbocycles. The lowest BCUT2D eigenvalue weighted by Gasteiger charge is -2.17. The minimum Gasteiger partial charge on any atom is -0.480 e. The highest BCUT2D eigenvalue weighted by atomic mass is 79.9. The third-order valence-corrected chi connectivity index (χ3v) is 4.12. The highest BCUT2D eigenvalue weighted by Gasteiger charge is 2.21. The lowest BCUT2D eigenvalue weighted by molar-refractivity contribution is -0.137. The molecule has 0 saturated heterocycles. The van der Waals surface area contributed by atoms with Gasteiger partial charge >= 0.3 is 5.97 Å². The second kappa shape index (κ2) is 6.19. The van der Waals surface area contributed by atoms with Crippen molar-refractivity contribution in [3.05, 3.63) is 19.2 Å². The lowest BCUT2D eigenvalue weighted by atomic mass is 10.3. The van der Waals surface area contributed by atoms with Gasteiger partial charge < -0.3 is 10.0 Å². The first-order valence-corrected chi connectivity index (χ1v) is 6.75. The molecule has 17 heavy (non-hydrogen) atoms. The Morgan fingerprint density at radius 3 is 2.59 bits per heavy atom. The van der Waals surface area contributed by atoms with Crippen LogP contribution in [-0.2, 0) is 4.79 Å². The summed E-state index contributed by atoms with van der Waals surface area (Å²) >= 11 is 7.84. The normalized spacial score (nSPS) is 9.71. The van der Waals surface area contributed by atoms with Gasteiger partial charge in [-0.05, 0) is 37.9 Å². The van der Waals surface area contributed by atoms with Crippen molar-refractivity contribution >= 4 is 55.1 Å². The van der Waals surface area contributed by atoms with Crippen LogP contribution in [0.2, 0.25) is 0 Å². The van der Waals surface area contributed by atoms with E-state index < -0.39 is 18.4 Å². The molecule has 1 aromatic rings. The van der Waals surface area contributed by atoms with Crippen LogP contribution in [0.15, 0.2) is 13.6 Å². The molecule has 1 amide bonds. The number of carbonyl (C=O) groups excluding carboxylic acids is 1. The van der Waals surface area contributed by atoms with E-state index in [0.29, 0.717) is 9.35 Å². The number of aliphatic carboxylic acids is 1. The Morgan fingerprint density at radius 2 is 2.18 bits per heavy atom. The summed E-state index contributed by atoms with van der Waals surface area (Å²) in [6, 6.07) is 1.63. The van der Waals surface area contributed by atoms with Crippen LogP contribution in [0.25, 0.3) is 0 Å². The minimum absolute atomic E-state index is 0.0367. The minimum atomic E-state index is -1.10. The molecule has 1 heterocycles. The molecule has 7 heteroatoms. The molecule has 0 unspecified atom stereocenters. The first kappa shape index (κ1) is 14.2. The van der Waals surface area contributed by atoms with E-state index in [9.17, 15) is 9.59 Å². The monoisotopic (exact) mass is 379 g/mol. The van der Waals surface area contributed by atoms with Crippen LogP contribution < -0.4 is 0 Å². The highest BCUT2D eigenvalue weighted by Crippen LogP contribution is 2.32. The van der Waals surface area contributed by atoms with E-state index in [2.05, 4.69) is 37.8 Å². The Bertz CT molecular complexity index is 492. The zero-order chi connectivity index (χ0) is 13.0. The number of hydrogen-bond donors (Lipinski definition) is 1. The van der Waals surface area contributed by atoms with Crippen molar-refractivity contribution in [2.75, 3.05) is 13.1 Å². The number of halogens is 2. The van der Waals surface area contributed by atoms with Gasteiger partial charge in [-0.3, -0.25) is 9.59 Å². The predicted molar refractivity (Wildman–Crippen MR) is 72.1 cm³/mol. The quantitative estimate of drug-likeness (QED) is 0.816. The van der Waals surface area contributed by atoms with Crippen LogP contribution in [0.4, 0.5) is 0 Å². The number of nitrogens with zero attached hydrogens (tertiary/aromatic N) is 1. The molecule has 0 aromatic carbocycles. The fourth-order valence-electron chi connectivity index (χ4n) is 1.13. The van der Waals surface area contributed by atoms with Gasteiger partial charge in [0, 0.05) is 0 Å². The summed E-state index contributed by atoms with van der Waals surface area (Å²) in [6.45, 7) is -0.450. The molecule has 0 aliphatic heterocycles. The fraction of sp³-hybridized carbons (Fsp3) is 0.200. The Morgan fingerprint density at radius 1 is 1.53 bits per heavy atom. The molecule has 1 aromatic heterocycles. The Hall–Kier alpha value is -0.840. The number of carboxylic acid groups (broad SMARTS) is 1. The Kier molecular flexibility index (Phi) is 5.18. The van der Waals surface area contributed by atoms with Crippen LogP contribution in [0, 0.1) is 12.3 Å². The van der Waals surface area contributed by atoms with Crippen LogP contribution in [-0.4, -0.2) is 35.0 Å². The zero-order valence-corrected chi connectivity index (χ0v) is 12.4. The number of terminal acetylenes is 1. The molecule has 1 rings (SSSR count). The summed E-state index contributed by atoms with van der Waals surface area (Å²) in [4.78, 5) is 23.8. The summed E-state index contributed by atoms with van der Waals surface area (Å²) in [5.74, 6) is 0.767. The van der Waals surface area contributed by atoms with E-state index in [1.807, 2.05) is 0 Å². The van der Waals surface area contributed by atoms with Gasteiger partial charge in [-0.15, -0.1) is 17.8 Å². The van der Waals surface area contributed by atoms with Crippen LogP contribution in [0.5, 0.6) is 0 Å². The van der Waals surface area contributed by atoms with Gasteiger partial charge in [0.1, 0.15) is 6.54 Å². The second-order valence-electron chi connectivity index (χ2n) is 3.00. The van der Waals surface area contributed by atoms with E-state index in [-0.39, 0.29) is 6.54 Å². The Balaban J connectivity index is 2.95. The van der Waals surface area contributed by atoms with E-state index in [4.69, 9.17) is 11.5 Å². The maximum atomic E-state index is 12.0. The van der Waals surface area contributed by atoms with Crippen molar-refractivity contribution in [2.45, 2.75) is 0 Å². The van der Waals surface area contributed by atoms with Gasteiger partial charge in [-0.2, -0.15) is 0 Å². The summed E-state index contributed by atoms with van der Waals surface area (Å²) in [6.07, 6.45) is 5.11. The predicted octanol–water partition coefficient (Wildman–Crippen LogP) is 2.43. The number of carbonyl (C=O) groups is 2. The van der Waals surface area contributed by atoms with E-state index in [1.54, 1.807) is 6.07 Å². The molecule has 4 nitrogen and oxygen atoms in total. The van der Waals surface area contributed by atoms with Crippen molar-refractivity contribution in [1.29, 1.82) is 0 Å². The lowest BCUT2D eigenvalue weighted by Crippen LogP contribution is -2.35. The summed E-state index contributed by atoms with van der Waals surface area (Å²) < 4.78 is 1.42.